The van der Waals surface area contributed by atoms with Gasteiger partial charge < -0.3 is 5.11 Å². The third kappa shape index (κ3) is 1.41. The Morgan fingerprint density at radius 2 is 2.05 bits per heavy atom. The molecule has 4 saturated carbocycles. The van der Waals surface area contributed by atoms with Gasteiger partial charge in [0.2, 0.25) is 0 Å². The molecule has 0 radical (unpaired) electrons. The molecule has 0 bridgehead atoms. The lowest BCUT2D eigenvalue weighted by molar-refractivity contribution is -0.125. The number of aliphatic hydroxyl groups is 1. The minimum absolute atomic E-state index is 0.0383. The number of rotatable bonds is 0. The zero-order valence-corrected chi connectivity index (χ0v) is 13.0. The highest BCUT2D eigenvalue weighted by Crippen LogP contribution is 2.81. The van der Waals surface area contributed by atoms with Gasteiger partial charge in [-0.05, 0) is 91.9 Å². The molecule has 2 nitrogen and oxygen atoms in total. The van der Waals surface area contributed by atoms with Gasteiger partial charge in [-0.15, -0.1) is 0 Å². The maximum atomic E-state index is 11.8. The van der Waals surface area contributed by atoms with Crippen molar-refractivity contribution in [2.24, 2.45) is 34.5 Å². The molecule has 0 saturated heterocycles. The third-order valence-electron chi connectivity index (χ3n) is 8.40. The second-order valence-electron chi connectivity index (χ2n) is 8.87. The smallest absolute Gasteiger partial charge is 0.184 e. The Morgan fingerprint density at radius 3 is 2.86 bits per heavy atom. The predicted molar refractivity (Wildman–Crippen MR) is 80.5 cm³/mol. The fraction of sp³-hybridized carbons (Fsp3) is 0.842. The summed E-state index contributed by atoms with van der Waals surface area (Å²) >= 11 is 0. The first-order valence-electron chi connectivity index (χ1n) is 8.97. The molecule has 7 atom stereocenters. The molecule has 0 amide bonds. The molecule has 0 heterocycles. The number of fused-ring (bicyclic) bond motifs is 3. The van der Waals surface area contributed by atoms with E-state index >= 15 is 0 Å². The largest absolute Gasteiger partial charge is 0.385 e. The molecule has 1 spiro atoms. The Balaban J connectivity index is 1.52. The van der Waals surface area contributed by atoms with Gasteiger partial charge >= 0.3 is 0 Å². The third-order valence-corrected chi connectivity index (χ3v) is 8.40. The highest BCUT2D eigenvalue weighted by molar-refractivity contribution is 5.95. The van der Waals surface area contributed by atoms with Crippen molar-refractivity contribution in [1.29, 1.82) is 0 Å². The van der Waals surface area contributed by atoms with Crippen molar-refractivity contribution in [3.63, 3.8) is 0 Å². The summed E-state index contributed by atoms with van der Waals surface area (Å²) in [4.78, 5) is 11.8. The van der Waals surface area contributed by atoms with Gasteiger partial charge in [0.1, 0.15) is 6.10 Å². The van der Waals surface area contributed by atoms with Gasteiger partial charge in [-0.2, -0.15) is 0 Å². The first kappa shape index (κ1) is 12.9. The summed E-state index contributed by atoms with van der Waals surface area (Å²) in [7, 11) is 0. The van der Waals surface area contributed by atoms with Gasteiger partial charge in [0, 0.05) is 0 Å². The first-order valence-corrected chi connectivity index (χ1v) is 8.97. The molecule has 0 aliphatic heterocycles. The predicted octanol–water partition coefficient (Wildman–Crippen LogP) is 3.49. The fourth-order valence-corrected chi connectivity index (χ4v) is 7.38. The Kier molecular flexibility index (Phi) is 2.34. The van der Waals surface area contributed by atoms with Crippen molar-refractivity contribution < 1.29 is 9.90 Å². The molecule has 5 aliphatic rings. The van der Waals surface area contributed by atoms with Crippen LogP contribution in [0.2, 0.25) is 0 Å². The zero-order valence-electron chi connectivity index (χ0n) is 13.0. The average molecular weight is 286 g/mol. The Labute approximate surface area is 127 Å². The van der Waals surface area contributed by atoms with Crippen LogP contribution < -0.4 is 0 Å². The molecular weight excluding hydrogens is 260 g/mol. The maximum absolute atomic E-state index is 11.8. The van der Waals surface area contributed by atoms with Crippen LogP contribution >= 0.6 is 0 Å². The summed E-state index contributed by atoms with van der Waals surface area (Å²) in [6.07, 6.45) is 11.3. The van der Waals surface area contributed by atoms with Crippen molar-refractivity contribution in [2.45, 2.75) is 64.4 Å². The molecule has 0 aromatic heterocycles. The Bertz CT molecular complexity index is 550. The maximum Gasteiger partial charge on any atom is 0.184 e. The topological polar surface area (TPSA) is 37.3 Å². The van der Waals surface area contributed by atoms with Gasteiger partial charge in [-0.3, -0.25) is 4.79 Å². The zero-order chi connectivity index (χ0) is 14.4. The summed E-state index contributed by atoms with van der Waals surface area (Å²) in [6, 6.07) is 0. The number of ketones is 1. The van der Waals surface area contributed by atoms with Crippen LogP contribution in [0, 0.1) is 34.5 Å². The van der Waals surface area contributed by atoms with Crippen LogP contribution in [0.3, 0.4) is 0 Å². The van der Waals surface area contributed by atoms with E-state index in [1.165, 1.54) is 44.1 Å². The quantitative estimate of drug-likeness (QED) is 0.740. The summed E-state index contributed by atoms with van der Waals surface area (Å²) in [5.41, 5.74) is 2.65. The van der Waals surface area contributed by atoms with E-state index in [4.69, 9.17) is 0 Å². The fourth-order valence-electron chi connectivity index (χ4n) is 7.38. The van der Waals surface area contributed by atoms with Gasteiger partial charge in [-0.25, -0.2) is 0 Å². The van der Waals surface area contributed by atoms with Crippen molar-refractivity contribution in [3.05, 3.63) is 11.6 Å². The average Bonchev–Trinajstić information content (AvgIpc) is 3.12. The highest BCUT2D eigenvalue weighted by Gasteiger charge is 2.73. The SMILES string of the molecule is C[C@]12CC[C@H]3[C@@H](CCC4=CC(=O)C(O)C[C@@H]43)[C@@]13C[C@H]3CC2. The van der Waals surface area contributed by atoms with Crippen molar-refractivity contribution in [1.82, 2.24) is 0 Å². The van der Waals surface area contributed by atoms with Gasteiger partial charge in [0.25, 0.3) is 0 Å². The lowest BCUT2D eigenvalue weighted by Crippen LogP contribution is -2.48. The second-order valence-corrected chi connectivity index (χ2v) is 8.87. The van der Waals surface area contributed by atoms with E-state index < -0.39 is 6.10 Å². The van der Waals surface area contributed by atoms with Crippen molar-refractivity contribution in [2.75, 3.05) is 0 Å². The number of carbonyl (C=O) groups is 1. The molecule has 2 heteroatoms. The van der Waals surface area contributed by atoms with Crippen LogP contribution in [0.25, 0.3) is 0 Å². The molecule has 114 valence electrons. The van der Waals surface area contributed by atoms with E-state index in [1.54, 1.807) is 6.08 Å². The summed E-state index contributed by atoms with van der Waals surface area (Å²) in [5, 5.41) is 10.0. The Morgan fingerprint density at radius 1 is 1.24 bits per heavy atom. The normalized spacial score (nSPS) is 57.7. The van der Waals surface area contributed by atoms with Crippen LogP contribution in [0.1, 0.15) is 58.3 Å². The number of aliphatic hydroxyl groups excluding tert-OH is 1. The number of allylic oxidation sites excluding steroid dienone is 1. The summed E-state index contributed by atoms with van der Waals surface area (Å²) in [6.45, 7) is 2.57. The molecule has 21 heavy (non-hydrogen) atoms. The molecule has 0 aromatic carbocycles. The van der Waals surface area contributed by atoms with E-state index in [0.29, 0.717) is 23.2 Å². The van der Waals surface area contributed by atoms with Crippen molar-refractivity contribution in [3.8, 4) is 0 Å². The van der Waals surface area contributed by atoms with E-state index in [-0.39, 0.29) is 5.78 Å². The lowest BCUT2D eigenvalue weighted by Gasteiger charge is -2.55. The molecular formula is C19H26O2. The van der Waals surface area contributed by atoms with E-state index in [1.807, 2.05) is 0 Å². The number of hydrogen-bond acceptors (Lipinski definition) is 2. The van der Waals surface area contributed by atoms with Crippen LogP contribution in [-0.2, 0) is 4.79 Å². The molecule has 0 aromatic rings. The number of hydrogen-bond donors (Lipinski definition) is 1. The minimum atomic E-state index is -0.720. The molecule has 5 aliphatic carbocycles. The standard InChI is InChI=1S/C19H26O2/c1-18-6-4-12-10-19(12,18)15-3-2-11-8-16(20)17(21)9-14(11)13(15)5-7-18/h8,12-15,17,21H,2-7,9-10H2,1H3/t12-,13-,14+,15-,17?,18+,19+/m1/s1. The Hall–Kier alpha value is -0.630. The molecule has 1 N–H and O–H groups in total. The summed E-state index contributed by atoms with van der Waals surface area (Å²) < 4.78 is 0. The van der Waals surface area contributed by atoms with E-state index in [2.05, 4.69) is 6.92 Å². The van der Waals surface area contributed by atoms with Crippen LogP contribution in [-0.4, -0.2) is 17.0 Å². The summed E-state index contributed by atoms with van der Waals surface area (Å²) in [5.74, 6) is 3.12. The number of carbonyl (C=O) groups excluding carboxylic acids is 1. The van der Waals surface area contributed by atoms with Crippen molar-refractivity contribution >= 4 is 5.78 Å². The monoisotopic (exact) mass is 286 g/mol. The van der Waals surface area contributed by atoms with Gasteiger partial charge in [-0.1, -0.05) is 12.5 Å². The second kappa shape index (κ2) is 3.82. The molecule has 5 rings (SSSR count). The molecule has 1 unspecified atom stereocenters. The lowest BCUT2D eigenvalue weighted by atomic mass is 9.50. The van der Waals surface area contributed by atoms with E-state index in [0.717, 1.165) is 24.2 Å². The van der Waals surface area contributed by atoms with E-state index in [9.17, 15) is 9.90 Å². The minimum Gasteiger partial charge on any atom is -0.385 e. The van der Waals surface area contributed by atoms with Gasteiger partial charge in [0.05, 0.1) is 0 Å². The van der Waals surface area contributed by atoms with Crippen LogP contribution in [0.15, 0.2) is 11.6 Å². The van der Waals surface area contributed by atoms with Crippen LogP contribution in [0.4, 0.5) is 0 Å². The van der Waals surface area contributed by atoms with Gasteiger partial charge in [0.15, 0.2) is 5.78 Å². The van der Waals surface area contributed by atoms with Crippen LogP contribution in [0.5, 0.6) is 0 Å². The highest BCUT2D eigenvalue weighted by atomic mass is 16.3. The molecule has 4 fully saturated rings. The first-order chi connectivity index (χ1) is 10.1.